The quantitative estimate of drug-likeness (QED) is 0.761. The van der Waals surface area contributed by atoms with Gasteiger partial charge in [0.2, 0.25) is 5.95 Å². The van der Waals surface area contributed by atoms with Crippen LogP contribution in [0.15, 0.2) is 35.1 Å². The van der Waals surface area contributed by atoms with E-state index in [0.717, 1.165) is 56.6 Å². The van der Waals surface area contributed by atoms with Crippen molar-refractivity contribution in [2.75, 3.05) is 25.0 Å². The summed E-state index contributed by atoms with van der Waals surface area (Å²) in [5, 5.41) is 6.65. The summed E-state index contributed by atoms with van der Waals surface area (Å²) in [6.45, 7) is 4.74. The fraction of sp³-hybridized carbons (Fsp3) is 0.474. The van der Waals surface area contributed by atoms with Crippen molar-refractivity contribution < 1.29 is 0 Å². The number of hydrogen-bond acceptors (Lipinski definition) is 4. The van der Waals surface area contributed by atoms with Crippen molar-refractivity contribution in [3.63, 3.8) is 0 Å². The van der Waals surface area contributed by atoms with Crippen LogP contribution < -0.4 is 16.2 Å². The molecular weight excluding hydrogens is 300 g/mol. The molecule has 1 aromatic heterocycles. The monoisotopic (exact) mass is 326 g/mol. The smallest absolute Gasteiger partial charge is 0.255 e. The summed E-state index contributed by atoms with van der Waals surface area (Å²) in [5.74, 6) is 1.12. The maximum Gasteiger partial charge on any atom is 0.255 e. The van der Waals surface area contributed by atoms with Crippen LogP contribution in [0.1, 0.15) is 30.2 Å². The molecule has 1 aliphatic rings. The van der Waals surface area contributed by atoms with Gasteiger partial charge in [0.25, 0.3) is 5.56 Å². The first-order valence-electron chi connectivity index (χ1n) is 8.87. The molecule has 3 rings (SSSR count). The zero-order valence-electron chi connectivity index (χ0n) is 14.3. The molecule has 5 nitrogen and oxygen atoms in total. The first-order chi connectivity index (χ1) is 11.8. The normalized spacial score (nSPS) is 15.4. The van der Waals surface area contributed by atoms with Crippen LogP contribution >= 0.6 is 0 Å². The summed E-state index contributed by atoms with van der Waals surface area (Å²) >= 11 is 0. The van der Waals surface area contributed by atoms with Crippen molar-refractivity contribution in [2.24, 2.45) is 5.92 Å². The number of fused-ring (bicyclic) bond motifs is 1. The Morgan fingerprint density at radius 1 is 1.21 bits per heavy atom. The molecule has 24 heavy (non-hydrogen) atoms. The lowest BCUT2D eigenvalue weighted by atomic mass is 9.97. The molecule has 0 saturated carbocycles. The Labute approximate surface area is 142 Å². The van der Waals surface area contributed by atoms with E-state index >= 15 is 0 Å². The summed E-state index contributed by atoms with van der Waals surface area (Å²) in [4.78, 5) is 19.8. The topological polar surface area (TPSA) is 69.8 Å². The molecule has 0 amide bonds. The van der Waals surface area contributed by atoms with E-state index in [1.165, 1.54) is 5.56 Å². The average Bonchev–Trinajstić information content (AvgIpc) is 2.85. The Morgan fingerprint density at radius 3 is 2.79 bits per heavy atom. The fourth-order valence-corrected chi connectivity index (χ4v) is 3.19. The highest BCUT2D eigenvalue weighted by Crippen LogP contribution is 2.13. The van der Waals surface area contributed by atoms with Gasteiger partial charge < -0.3 is 10.6 Å². The molecule has 128 valence electrons. The third kappa shape index (κ3) is 4.23. The second-order valence-electron chi connectivity index (χ2n) is 6.43. The lowest BCUT2D eigenvalue weighted by Gasteiger charge is -2.16. The Hall–Kier alpha value is -2.14. The van der Waals surface area contributed by atoms with Gasteiger partial charge in [-0.15, -0.1) is 0 Å². The van der Waals surface area contributed by atoms with Gasteiger partial charge in [0.05, 0.1) is 5.69 Å². The predicted octanol–water partition coefficient (Wildman–Crippen LogP) is 2.14. The van der Waals surface area contributed by atoms with Gasteiger partial charge in [-0.3, -0.25) is 9.78 Å². The van der Waals surface area contributed by atoms with Crippen LogP contribution in [0.3, 0.4) is 0 Å². The number of nitrogens with zero attached hydrogens (tertiary/aromatic N) is 1. The Morgan fingerprint density at radius 2 is 2.00 bits per heavy atom. The molecular formula is C19H26N4O. The van der Waals surface area contributed by atoms with E-state index in [9.17, 15) is 4.79 Å². The van der Waals surface area contributed by atoms with E-state index in [1.807, 2.05) is 6.07 Å². The minimum atomic E-state index is 0.00214. The van der Waals surface area contributed by atoms with Crippen molar-refractivity contribution >= 4 is 5.95 Å². The number of aromatic amines is 1. The van der Waals surface area contributed by atoms with Crippen LogP contribution in [0.2, 0.25) is 0 Å². The first kappa shape index (κ1) is 16.7. The second-order valence-corrected chi connectivity index (χ2v) is 6.43. The highest BCUT2D eigenvalue weighted by Gasteiger charge is 2.15. The summed E-state index contributed by atoms with van der Waals surface area (Å²) in [5.41, 5.74) is 3.12. The molecule has 0 saturated heterocycles. The molecule has 5 heteroatoms. The average molecular weight is 326 g/mol. The number of hydrogen-bond donors (Lipinski definition) is 3. The maximum atomic E-state index is 12.3. The van der Waals surface area contributed by atoms with Gasteiger partial charge in [-0.05, 0) is 30.9 Å². The second kappa shape index (κ2) is 8.11. The SMILES string of the molecule is CCC(CNc1nc2c(c(=O)[nH]1)CCNCC2)Cc1ccccc1. The standard InChI is InChI=1S/C19H26N4O/c1-2-14(12-15-6-4-3-5-7-15)13-21-19-22-17-9-11-20-10-8-16(17)18(24)23-19/h3-7,14,20H,2,8-13H2,1H3,(H2,21,22,23,24). The minimum Gasteiger partial charge on any atom is -0.355 e. The molecule has 1 aliphatic heterocycles. The molecule has 0 aliphatic carbocycles. The Kier molecular flexibility index (Phi) is 5.64. The number of nitrogens with one attached hydrogen (secondary N) is 3. The van der Waals surface area contributed by atoms with Gasteiger partial charge in [0, 0.05) is 25.1 Å². The zero-order chi connectivity index (χ0) is 16.8. The highest BCUT2D eigenvalue weighted by atomic mass is 16.1. The Bertz CT molecular complexity index is 711. The molecule has 0 radical (unpaired) electrons. The number of rotatable bonds is 6. The van der Waals surface area contributed by atoms with Gasteiger partial charge in [-0.2, -0.15) is 0 Å². The number of aromatic nitrogens is 2. The van der Waals surface area contributed by atoms with Gasteiger partial charge in [0.15, 0.2) is 0 Å². The summed E-state index contributed by atoms with van der Waals surface area (Å²) in [6.07, 6.45) is 3.68. The van der Waals surface area contributed by atoms with Crippen LogP contribution in [0.5, 0.6) is 0 Å². The van der Waals surface area contributed by atoms with Gasteiger partial charge in [-0.25, -0.2) is 4.98 Å². The molecule has 1 atom stereocenters. The van der Waals surface area contributed by atoms with E-state index in [1.54, 1.807) is 0 Å². The van der Waals surface area contributed by atoms with Crippen LogP contribution in [0, 0.1) is 5.92 Å². The van der Waals surface area contributed by atoms with Crippen LogP contribution in [-0.2, 0) is 19.3 Å². The third-order valence-corrected chi connectivity index (χ3v) is 4.69. The number of H-pyrrole nitrogens is 1. The van der Waals surface area contributed by atoms with E-state index in [-0.39, 0.29) is 5.56 Å². The number of benzene rings is 1. The summed E-state index contributed by atoms with van der Waals surface area (Å²) < 4.78 is 0. The molecule has 1 aromatic carbocycles. The summed E-state index contributed by atoms with van der Waals surface area (Å²) in [7, 11) is 0. The lowest BCUT2D eigenvalue weighted by Crippen LogP contribution is -2.23. The van der Waals surface area contributed by atoms with Crippen molar-refractivity contribution in [1.29, 1.82) is 0 Å². The third-order valence-electron chi connectivity index (χ3n) is 4.69. The zero-order valence-corrected chi connectivity index (χ0v) is 14.3. The molecule has 1 unspecified atom stereocenters. The van der Waals surface area contributed by atoms with Crippen molar-refractivity contribution in [3.05, 3.63) is 57.5 Å². The molecule has 0 fully saturated rings. The fourth-order valence-electron chi connectivity index (χ4n) is 3.19. The maximum absolute atomic E-state index is 12.3. The molecule has 3 N–H and O–H groups in total. The Balaban J connectivity index is 1.66. The van der Waals surface area contributed by atoms with E-state index in [4.69, 9.17) is 0 Å². The van der Waals surface area contributed by atoms with E-state index in [0.29, 0.717) is 11.9 Å². The minimum absolute atomic E-state index is 0.00214. The lowest BCUT2D eigenvalue weighted by molar-refractivity contribution is 0.532. The summed E-state index contributed by atoms with van der Waals surface area (Å²) in [6, 6.07) is 10.5. The molecule has 0 bridgehead atoms. The van der Waals surface area contributed by atoms with Crippen LogP contribution in [-0.4, -0.2) is 29.6 Å². The van der Waals surface area contributed by atoms with Gasteiger partial charge in [-0.1, -0.05) is 43.7 Å². The van der Waals surface area contributed by atoms with Crippen molar-refractivity contribution in [2.45, 2.75) is 32.6 Å². The van der Waals surface area contributed by atoms with Gasteiger partial charge in [0.1, 0.15) is 0 Å². The highest BCUT2D eigenvalue weighted by molar-refractivity contribution is 5.31. The van der Waals surface area contributed by atoms with Gasteiger partial charge >= 0.3 is 0 Å². The first-order valence-corrected chi connectivity index (χ1v) is 8.87. The van der Waals surface area contributed by atoms with Crippen LogP contribution in [0.4, 0.5) is 5.95 Å². The largest absolute Gasteiger partial charge is 0.355 e. The van der Waals surface area contributed by atoms with Crippen LogP contribution in [0.25, 0.3) is 0 Å². The molecule has 2 heterocycles. The molecule has 2 aromatic rings. The van der Waals surface area contributed by atoms with E-state index < -0.39 is 0 Å². The van der Waals surface area contributed by atoms with Crippen molar-refractivity contribution in [3.8, 4) is 0 Å². The van der Waals surface area contributed by atoms with E-state index in [2.05, 4.69) is 51.8 Å². The van der Waals surface area contributed by atoms with Crippen molar-refractivity contribution in [1.82, 2.24) is 15.3 Å². The molecule has 0 spiro atoms. The predicted molar refractivity (Wildman–Crippen MR) is 97.6 cm³/mol. The number of anilines is 1.